The van der Waals surface area contributed by atoms with Crippen molar-refractivity contribution in [1.29, 1.82) is 5.26 Å². The second-order valence-corrected chi connectivity index (χ2v) is 11.9. The number of primary amides is 1. The van der Waals surface area contributed by atoms with Gasteiger partial charge in [-0.2, -0.15) is 5.26 Å². The Balaban J connectivity index is 1.32. The number of hydrogen-bond acceptors (Lipinski definition) is 7. The van der Waals surface area contributed by atoms with Crippen molar-refractivity contribution in [3.63, 3.8) is 0 Å². The van der Waals surface area contributed by atoms with Crippen molar-refractivity contribution in [3.8, 4) is 17.7 Å². The summed E-state index contributed by atoms with van der Waals surface area (Å²) in [6.07, 6.45) is 7.01. The molecule has 1 heterocycles. The van der Waals surface area contributed by atoms with E-state index in [-0.39, 0.29) is 17.4 Å². The van der Waals surface area contributed by atoms with Gasteiger partial charge >= 0.3 is 0 Å². The number of nitriles is 1. The highest BCUT2D eigenvalue weighted by Gasteiger charge is 2.58. The van der Waals surface area contributed by atoms with Gasteiger partial charge < -0.3 is 20.1 Å². The van der Waals surface area contributed by atoms with Gasteiger partial charge in [0.05, 0.1) is 31.5 Å². The Kier molecular flexibility index (Phi) is 6.73. The molecule has 1 aliphatic heterocycles. The first kappa shape index (κ1) is 25.7. The van der Waals surface area contributed by atoms with Crippen LogP contribution in [0.3, 0.4) is 0 Å². The number of nitrogens with two attached hydrogens (primary N) is 1. The van der Waals surface area contributed by atoms with Gasteiger partial charge in [0, 0.05) is 37.7 Å². The van der Waals surface area contributed by atoms with E-state index in [2.05, 4.69) is 35.2 Å². The fraction of sp³-hybridized carbons (Fsp3) is 0.679. The van der Waals surface area contributed by atoms with Gasteiger partial charge in [-0.3, -0.25) is 20.0 Å². The molecule has 2 atom stereocenters. The number of carbonyl (C=O) groups excluding carboxylic acids is 1. The number of nitrogens with zero attached hydrogens (tertiary/aromatic N) is 4. The largest absolute Gasteiger partial charge is 0.497 e. The van der Waals surface area contributed by atoms with Crippen molar-refractivity contribution >= 4 is 17.4 Å². The van der Waals surface area contributed by atoms with Crippen LogP contribution in [0.25, 0.3) is 0 Å². The maximum absolute atomic E-state index is 12.4. The molecular weight excluding hydrogens is 468 g/mol. The zero-order chi connectivity index (χ0) is 26.4. The van der Waals surface area contributed by atoms with Crippen LogP contribution in [0.1, 0.15) is 46.0 Å². The minimum atomic E-state index is -0.429. The van der Waals surface area contributed by atoms with Crippen molar-refractivity contribution in [2.24, 2.45) is 33.9 Å². The summed E-state index contributed by atoms with van der Waals surface area (Å²) >= 11 is 0. The molecule has 9 nitrogen and oxygen atoms in total. The SMILES string of the molecule is COc1ccc(N2CCN(C(C)(C)C(=NC3C4CC5CC3CC(C(N)=O)(C5)C4)NC#N)CC2)c(OC)c1. The van der Waals surface area contributed by atoms with Crippen LogP contribution < -0.4 is 25.4 Å². The topological polar surface area (TPSA) is 116 Å². The lowest BCUT2D eigenvalue weighted by Gasteiger charge is -2.58. The molecule has 0 aromatic heterocycles. The Morgan fingerprint density at radius 2 is 1.81 bits per heavy atom. The van der Waals surface area contributed by atoms with Gasteiger partial charge in [-0.05, 0) is 75.8 Å². The van der Waals surface area contributed by atoms with Gasteiger partial charge in [-0.25, -0.2) is 0 Å². The lowest BCUT2D eigenvalue weighted by atomic mass is 9.48. The quantitative estimate of drug-likeness (QED) is 0.252. The number of amides is 1. The lowest BCUT2D eigenvalue weighted by Crippen LogP contribution is -2.61. The highest BCUT2D eigenvalue weighted by Crippen LogP contribution is 2.60. The molecule has 3 N–H and O–H groups in total. The van der Waals surface area contributed by atoms with Crippen molar-refractivity contribution < 1.29 is 14.3 Å². The summed E-state index contributed by atoms with van der Waals surface area (Å²) in [4.78, 5) is 22.4. The molecule has 1 aromatic rings. The molecule has 0 spiro atoms. The zero-order valence-electron chi connectivity index (χ0n) is 22.5. The average Bonchev–Trinajstić information content (AvgIpc) is 2.89. The summed E-state index contributed by atoms with van der Waals surface area (Å²) in [6.45, 7) is 7.64. The average molecular weight is 509 g/mol. The van der Waals surface area contributed by atoms with E-state index in [1.807, 2.05) is 18.2 Å². The third-order valence-corrected chi connectivity index (χ3v) is 9.58. The first-order valence-electron chi connectivity index (χ1n) is 13.5. The van der Waals surface area contributed by atoms with E-state index in [1.54, 1.807) is 14.2 Å². The van der Waals surface area contributed by atoms with Gasteiger partial charge in [-0.15, -0.1) is 0 Å². The van der Waals surface area contributed by atoms with E-state index in [0.29, 0.717) is 17.8 Å². The summed E-state index contributed by atoms with van der Waals surface area (Å²) < 4.78 is 11.0. The Labute approximate surface area is 220 Å². The number of benzene rings is 1. The number of amidine groups is 1. The normalized spacial score (nSPS) is 31.6. The van der Waals surface area contributed by atoms with Crippen LogP contribution in [0.4, 0.5) is 5.69 Å². The number of methoxy groups -OCH3 is 2. The molecule has 6 rings (SSSR count). The standard InChI is InChI=1S/C28H40N6O3/c1-27(2,34-9-7-33(8-10-34)22-6-5-21(36-3)13-23(22)37-4)26(31-17-29)32-24-19-11-18-12-20(24)16-28(14-18,15-19)25(30)35/h5-6,13,18-20,24H,7-12,14-16H2,1-4H3,(H2,30,35)(H,31,32). The highest BCUT2D eigenvalue weighted by atomic mass is 16.5. The zero-order valence-corrected chi connectivity index (χ0v) is 22.5. The van der Waals surface area contributed by atoms with E-state index in [0.717, 1.165) is 81.3 Å². The molecular formula is C28H40N6O3. The lowest BCUT2D eigenvalue weighted by molar-refractivity contribution is -0.144. The van der Waals surface area contributed by atoms with E-state index in [9.17, 15) is 10.1 Å². The maximum atomic E-state index is 12.4. The minimum absolute atomic E-state index is 0.128. The number of anilines is 1. The van der Waals surface area contributed by atoms with E-state index < -0.39 is 5.54 Å². The second-order valence-electron chi connectivity index (χ2n) is 11.9. The number of hydrogen-bond donors (Lipinski definition) is 2. The summed E-state index contributed by atoms with van der Waals surface area (Å²) in [5, 5.41) is 12.6. The third-order valence-electron chi connectivity index (χ3n) is 9.58. The maximum Gasteiger partial charge on any atom is 0.223 e. The van der Waals surface area contributed by atoms with E-state index in [4.69, 9.17) is 20.2 Å². The van der Waals surface area contributed by atoms with Crippen molar-refractivity contribution in [2.45, 2.75) is 57.5 Å². The molecule has 1 saturated heterocycles. The predicted octanol–water partition coefficient (Wildman–Crippen LogP) is 2.75. The van der Waals surface area contributed by atoms with Crippen LogP contribution in [0.5, 0.6) is 11.5 Å². The first-order valence-corrected chi connectivity index (χ1v) is 13.5. The summed E-state index contributed by atoms with van der Waals surface area (Å²) in [6, 6.07) is 6.07. The van der Waals surface area contributed by atoms with Crippen LogP contribution in [0.15, 0.2) is 23.2 Å². The number of piperazine rings is 1. The van der Waals surface area contributed by atoms with Gasteiger partial charge in [-0.1, -0.05) is 0 Å². The van der Waals surface area contributed by atoms with Gasteiger partial charge in [0.25, 0.3) is 0 Å². The van der Waals surface area contributed by atoms with Crippen LogP contribution in [-0.2, 0) is 4.79 Å². The Morgan fingerprint density at radius 3 is 2.38 bits per heavy atom. The van der Waals surface area contributed by atoms with Crippen molar-refractivity contribution in [2.75, 3.05) is 45.3 Å². The third kappa shape index (κ3) is 4.50. The summed E-state index contributed by atoms with van der Waals surface area (Å²) in [5.41, 5.74) is 6.18. The Morgan fingerprint density at radius 1 is 1.14 bits per heavy atom. The predicted molar refractivity (Wildman–Crippen MR) is 143 cm³/mol. The number of carbonyl (C=O) groups is 1. The van der Waals surface area contributed by atoms with Crippen LogP contribution in [0.2, 0.25) is 0 Å². The smallest absolute Gasteiger partial charge is 0.223 e. The van der Waals surface area contributed by atoms with Gasteiger partial charge in [0.2, 0.25) is 5.91 Å². The van der Waals surface area contributed by atoms with Crippen LogP contribution >= 0.6 is 0 Å². The number of aliphatic imine (C=N–C) groups is 1. The highest BCUT2D eigenvalue weighted by molar-refractivity contribution is 5.92. The molecule has 1 aromatic carbocycles. The number of ether oxygens (including phenoxy) is 2. The molecule has 1 amide bonds. The fourth-order valence-corrected chi connectivity index (χ4v) is 7.76. The van der Waals surface area contributed by atoms with E-state index >= 15 is 0 Å². The number of nitrogens with one attached hydrogen (secondary N) is 1. The monoisotopic (exact) mass is 508 g/mol. The van der Waals surface area contributed by atoms with Crippen molar-refractivity contribution in [3.05, 3.63) is 18.2 Å². The molecule has 4 saturated carbocycles. The summed E-state index contributed by atoms with van der Waals surface area (Å²) in [7, 11) is 3.34. The molecule has 2 unspecified atom stereocenters. The Hall–Kier alpha value is -2.99. The molecule has 0 radical (unpaired) electrons. The van der Waals surface area contributed by atoms with Crippen LogP contribution in [-0.4, -0.2) is 68.6 Å². The van der Waals surface area contributed by atoms with E-state index in [1.165, 1.54) is 0 Å². The number of rotatable bonds is 7. The van der Waals surface area contributed by atoms with Crippen LogP contribution in [0, 0.1) is 34.6 Å². The van der Waals surface area contributed by atoms with Gasteiger partial charge in [0.15, 0.2) is 6.19 Å². The molecule has 5 aliphatic rings. The second kappa shape index (κ2) is 9.71. The molecule has 4 bridgehead atoms. The fourth-order valence-electron chi connectivity index (χ4n) is 7.76. The Bertz CT molecular complexity index is 1090. The van der Waals surface area contributed by atoms with Gasteiger partial charge in [0.1, 0.15) is 17.3 Å². The molecule has 200 valence electrons. The molecule has 37 heavy (non-hydrogen) atoms. The summed E-state index contributed by atoms with van der Waals surface area (Å²) in [5.74, 6) is 3.49. The molecule has 5 fully saturated rings. The minimum Gasteiger partial charge on any atom is -0.497 e. The molecule has 4 aliphatic carbocycles. The first-order chi connectivity index (χ1) is 17.7. The van der Waals surface area contributed by atoms with Crippen molar-refractivity contribution in [1.82, 2.24) is 10.2 Å². The molecule has 9 heteroatoms.